The molecule has 6 heteroatoms. The second kappa shape index (κ2) is 4.05. The van der Waals surface area contributed by atoms with Crippen LogP contribution in [-0.2, 0) is 0 Å². The Morgan fingerprint density at radius 2 is 1.00 bits per heavy atom. The van der Waals surface area contributed by atoms with Crippen molar-refractivity contribution in [2.24, 2.45) is 23.7 Å². The predicted molar refractivity (Wildman–Crippen MR) is 49.2 cm³/mol. The van der Waals surface area contributed by atoms with Gasteiger partial charge < -0.3 is 0 Å². The fraction of sp³-hybridized carbons (Fsp3) is 1.00. The molecule has 0 aromatic carbocycles. The lowest BCUT2D eigenvalue weighted by atomic mass is 9.69. The van der Waals surface area contributed by atoms with Gasteiger partial charge in [-0.15, -0.1) is 0 Å². The second-order valence-corrected chi connectivity index (χ2v) is 5.22. The molecule has 0 heterocycles. The Labute approximate surface area is 95.4 Å². The van der Waals surface area contributed by atoms with E-state index in [1.807, 2.05) is 0 Å². The highest BCUT2D eigenvalue weighted by Gasteiger charge is 2.59. The van der Waals surface area contributed by atoms with Crippen LogP contribution < -0.4 is 0 Å². The molecule has 4 atom stereocenters. The SMILES string of the molecule is FC(F)(F)C1CC2CCCC2CC1C(F)(F)F. The molecule has 0 nitrogen and oxygen atoms in total. The lowest BCUT2D eigenvalue weighted by Gasteiger charge is -2.40. The Morgan fingerprint density at radius 1 is 0.647 bits per heavy atom. The third-order valence-corrected chi connectivity index (χ3v) is 4.26. The number of fused-ring (bicyclic) bond motifs is 1. The van der Waals surface area contributed by atoms with Crippen LogP contribution >= 0.6 is 0 Å². The molecule has 17 heavy (non-hydrogen) atoms. The molecule has 0 spiro atoms. The molecule has 2 rings (SSSR count). The molecule has 0 aliphatic heterocycles. The van der Waals surface area contributed by atoms with E-state index in [-0.39, 0.29) is 24.7 Å². The molecule has 0 saturated heterocycles. The zero-order chi connectivity index (χ0) is 12.8. The summed E-state index contributed by atoms with van der Waals surface area (Å²) >= 11 is 0. The summed E-state index contributed by atoms with van der Waals surface area (Å²) in [7, 11) is 0. The highest BCUT2D eigenvalue weighted by Crippen LogP contribution is 2.55. The van der Waals surface area contributed by atoms with E-state index >= 15 is 0 Å². The van der Waals surface area contributed by atoms with Crippen LogP contribution in [0.25, 0.3) is 0 Å². The summed E-state index contributed by atoms with van der Waals surface area (Å²) in [5.41, 5.74) is 0. The Morgan fingerprint density at radius 3 is 1.29 bits per heavy atom. The van der Waals surface area contributed by atoms with E-state index in [2.05, 4.69) is 0 Å². The minimum atomic E-state index is -4.73. The van der Waals surface area contributed by atoms with Crippen molar-refractivity contribution >= 4 is 0 Å². The summed E-state index contributed by atoms with van der Waals surface area (Å²) in [5.74, 6) is -4.69. The zero-order valence-electron chi connectivity index (χ0n) is 9.11. The Bertz CT molecular complexity index is 251. The average Bonchev–Trinajstić information content (AvgIpc) is 2.59. The van der Waals surface area contributed by atoms with Crippen LogP contribution in [0.1, 0.15) is 32.1 Å². The van der Waals surface area contributed by atoms with Gasteiger partial charge in [0.15, 0.2) is 0 Å². The van der Waals surface area contributed by atoms with Gasteiger partial charge in [-0.05, 0) is 24.7 Å². The van der Waals surface area contributed by atoms with Crippen LogP contribution in [0.5, 0.6) is 0 Å². The van der Waals surface area contributed by atoms with Crippen molar-refractivity contribution in [2.45, 2.75) is 44.5 Å². The fourth-order valence-corrected chi connectivity index (χ4v) is 3.44. The molecule has 0 N–H and O–H groups in total. The van der Waals surface area contributed by atoms with E-state index in [1.54, 1.807) is 0 Å². The largest absolute Gasteiger partial charge is 0.392 e. The molecule has 100 valence electrons. The normalized spacial score (nSPS) is 39.2. The third kappa shape index (κ3) is 2.55. The fourth-order valence-electron chi connectivity index (χ4n) is 3.44. The number of rotatable bonds is 0. The van der Waals surface area contributed by atoms with E-state index < -0.39 is 24.2 Å². The van der Waals surface area contributed by atoms with Crippen molar-refractivity contribution in [1.29, 1.82) is 0 Å². The first-order valence-electron chi connectivity index (χ1n) is 5.83. The van der Waals surface area contributed by atoms with Crippen molar-refractivity contribution in [1.82, 2.24) is 0 Å². The van der Waals surface area contributed by atoms with Crippen molar-refractivity contribution < 1.29 is 26.3 Å². The van der Waals surface area contributed by atoms with Gasteiger partial charge in [-0.25, -0.2) is 0 Å². The van der Waals surface area contributed by atoms with E-state index in [9.17, 15) is 26.3 Å². The van der Waals surface area contributed by atoms with E-state index in [0.717, 1.165) is 6.42 Å². The van der Waals surface area contributed by atoms with Crippen LogP contribution in [0.15, 0.2) is 0 Å². The molecule has 0 radical (unpaired) electrons. The Balaban J connectivity index is 2.21. The molecule has 0 amide bonds. The lowest BCUT2D eigenvalue weighted by Crippen LogP contribution is -2.44. The maximum Gasteiger partial charge on any atom is 0.392 e. The van der Waals surface area contributed by atoms with Crippen LogP contribution in [0, 0.1) is 23.7 Å². The summed E-state index contributed by atoms with van der Waals surface area (Å²) in [5, 5.41) is 0. The van der Waals surface area contributed by atoms with Crippen molar-refractivity contribution in [3.05, 3.63) is 0 Å². The molecule has 2 fully saturated rings. The van der Waals surface area contributed by atoms with Crippen molar-refractivity contribution in [3.8, 4) is 0 Å². The van der Waals surface area contributed by atoms with Crippen LogP contribution in [0.3, 0.4) is 0 Å². The first-order valence-corrected chi connectivity index (χ1v) is 5.83. The van der Waals surface area contributed by atoms with Crippen molar-refractivity contribution in [2.75, 3.05) is 0 Å². The molecule has 0 aromatic heterocycles. The van der Waals surface area contributed by atoms with E-state index in [1.165, 1.54) is 0 Å². The van der Waals surface area contributed by atoms with Gasteiger partial charge in [-0.2, -0.15) is 26.3 Å². The minimum Gasteiger partial charge on any atom is -0.171 e. The molecule has 2 aliphatic rings. The maximum atomic E-state index is 12.7. The summed E-state index contributed by atoms with van der Waals surface area (Å²) in [6.45, 7) is 0. The number of hydrogen-bond donors (Lipinski definition) is 0. The van der Waals surface area contributed by atoms with Gasteiger partial charge in [0.2, 0.25) is 0 Å². The minimum absolute atomic E-state index is 0.153. The van der Waals surface area contributed by atoms with E-state index in [0.29, 0.717) is 12.8 Å². The smallest absolute Gasteiger partial charge is 0.171 e. The molecular formula is C11H14F6. The summed E-state index contributed by atoms with van der Waals surface area (Å²) in [6.07, 6.45) is -8.05. The number of halogens is 6. The van der Waals surface area contributed by atoms with Gasteiger partial charge in [0.05, 0.1) is 11.8 Å². The number of alkyl halides is 6. The highest BCUT2D eigenvalue weighted by molar-refractivity contribution is 4.94. The third-order valence-electron chi connectivity index (χ3n) is 4.26. The summed E-state index contributed by atoms with van der Waals surface area (Å²) < 4.78 is 76.1. The van der Waals surface area contributed by atoms with Gasteiger partial charge in [0.1, 0.15) is 0 Å². The van der Waals surface area contributed by atoms with Crippen molar-refractivity contribution in [3.63, 3.8) is 0 Å². The first-order chi connectivity index (χ1) is 7.69. The summed E-state index contributed by atoms with van der Waals surface area (Å²) in [4.78, 5) is 0. The molecule has 0 bridgehead atoms. The molecule has 0 aromatic rings. The van der Waals surface area contributed by atoms with Gasteiger partial charge in [0.25, 0.3) is 0 Å². The van der Waals surface area contributed by atoms with Gasteiger partial charge in [-0.1, -0.05) is 19.3 Å². The predicted octanol–water partition coefficient (Wildman–Crippen LogP) is 4.55. The Hall–Kier alpha value is -0.420. The first kappa shape index (κ1) is 13.0. The van der Waals surface area contributed by atoms with E-state index in [4.69, 9.17) is 0 Å². The zero-order valence-corrected chi connectivity index (χ0v) is 9.11. The molecule has 4 unspecified atom stereocenters. The average molecular weight is 260 g/mol. The topological polar surface area (TPSA) is 0 Å². The highest BCUT2D eigenvalue weighted by atomic mass is 19.4. The van der Waals surface area contributed by atoms with Crippen LogP contribution in [-0.4, -0.2) is 12.4 Å². The monoisotopic (exact) mass is 260 g/mol. The van der Waals surface area contributed by atoms with Crippen LogP contribution in [0.2, 0.25) is 0 Å². The quantitative estimate of drug-likeness (QED) is 0.560. The molecule has 2 aliphatic carbocycles. The van der Waals surface area contributed by atoms with Gasteiger partial charge in [0, 0.05) is 0 Å². The maximum absolute atomic E-state index is 12.7. The van der Waals surface area contributed by atoms with Gasteiger partial charge >= 0.3 is 12.4 Å². The Kier molecular flexibility index (Phi) is 3.11. The van der Waals surface area contributed by atoms with Gasteiger partial charge in [-0.3, -0.25) is 0 Å². The molecular weight excluding hydrogens is 246 g/mol. The van der Waals surface area contributed by atoms with Crippen LogP contribution in [0.4, 0.5) is 26.3 Å². The molecule has 2 saturated carbocycles. The summed E-state index contributed by atoms with van der Waals surface area (Å²) in [6, 6.07) is 0. The number of hydrogen-bond acceptors (Lipinski definition) is 0. The standard InChI is InChI=1S/C11H14F6/c12-10(13,14)8-4-6-2-1-3-7(6)5-9(8)11(15,16)17/h6-9H,1-5H2. The lowest BCUT2D eigenvalue weighted by molar-refractivity contribution is -0.270. The second-order valence-electron chi connectivity index (χ2n) is 5.22.